The first-order chi connectivity index (χ1) is 17.3. The smallest absolute Gasteiger partial charge is 0.255 e. The van der Waals surface area contributed by atoms with Crippen molar-refractivity contribution in [3.05, 3.63) is 29.5 Å². The van der Waals surface area contributed by atoms with Gasteiger partial charge in [0.1, 0.15) is 18.1 Å². The van der Waals surface area contributed by atoms with Crippen LogP contribution in [0.4, 0.5) is 4.39 Å². The molecule has 0 radical (unpaired) electrons. The number of rotatable bonds is 7. The highest BCUT2D eigenvalue weighted by atomic mass is 19.1. The zero-order valence-electron chi connectivity index (χ0n) is 20.6. The lowest BCUT2D eigenvalue weighted by Gasteiger charge is -2.23. The minimum atomic E-state index is -1.57. The van der Waals surface area contributed by atoms with Crippen molar-refractivity contribution in [1.82, 2.24) is 10.3 Å². The van der Waals surface area contributed by atoms with Crippen LogP contribution in [0.15, 0.2) is 18.2 Å². The van der Waals surface area contributed by atoms with Crippen molar-refractivity contribution in [2.75, 3.05) is 20.3 Å². The molecular formula is C27H32FN3O5. The predicted molar refractivity (Wildman–Crippen MR) is 132 cm³/mol. The second kappa shape index (κ2) is 11.1. The number of carbonyl (C=O) groups excluding carboxylic acids is 2. The fourth-order valence-electron chi connectivity index (χ4n) is 5.04. The quantitative estimate of drug-likeness (QED) is 0.506. The number of pyridine rings is 1. The number of hydrogen-bond donors (Lipinski definition) is 3. The molecule has 2 aromatic rings. The van der Waals surface area contributed by atoms with Crippen LogP contribution in [-0.4, -0.2) is 54.4 Å². The first-order valence-corrected chi connectivity index (χ1v) is 12.4. The van der Waals surface area contributed by atoms with Crippen molar-refractivity contribution in [3.63, 3.8) is 0 Å². The minimum absolute atomic E-state index is 0.0364. The van der Waals surface area contributed by atoms with Gasteiger partial charge in [-0.25, -0.2) is 9.37 Å². The van der Waals surface area contributed by atoms with Gasteiger partial charge < -0.3 is 25.6 Å². The maximum absolute atomic E-state index is 14.2. The molecule has 3 atom stereocenters. The standard InChI is InChI=1S/C27H32FN3O5/c1-3-19-22(31-26(34)24(19)28)14-36-27-20-12-23(35-2)21(25(29)33)11-17(20)10-18(30-27)9-8-15-4-6-16(13-32)7-5-15/h10-12,15-16,19,22,24,32H,3-7,13-14H2,1-2H3,(H2,29,33)(H,31,34)/t15?,16?,19-,22+,24-/m0/s1. The number of halogens is 1. The van der Waals surface area contributed by atoms with Crippen molar-refractivity contribution >= 4 is 22.6 Å². The molecule has 4 N–H and O–H groups in total. The molecule has 4 rings (SSSR count). The molecule has 2 fully saturated rings. The van der Waals surface area contributed by atoms with E-state index in [-0.39, 0.29) is 36.3 Å². The van der Waals surface area contributed by atoms with Crippen LogP contribution in [0, 0.1) is 29.6 Å². The summed E-state index contributed by atoms with van der Waals surface area (Å²) in [5, 5.41) is 13.3. The van der Waals surface area contributed by atoms with Gasteiger partial charge in [0.25, 0.3) is 11.8 Å². The van der Waals surface area contributed by atoms with Gasteiger partial charge in [0.2, 0.25) is 5.88 Å². The van der Waals surface area contributed by atoms with E-state index >= 15 is 0 Å². The number of methoxy groups -OCH3 is 1. The van der Waals surface area contributed by atoms with Crippen LogP contribution in [0.1, 0.15) is 55.1 Å². The third-order valence-corrected chi connectivity index (χ3v) is 7.23. The van der Waals surface area contributed by atoms with E-state index in [1.165, 1.54) is 7.11 Å². The van der Waals surface area contributed by atoms with E-state index in [0.29, 0.717) is 28.8 Å². The number of hydrogen-bond acceptors (Lipinski definition) is 6. The Morgan fingerprint density at radius 2 is 2.03 bits per heavy atom. The van der Waals surface area contributed by atoms with Crippen LogP contribution < -0.4 is 20.5 Å². The van der Waals surface area contributed by atoms with Gasteiger partial charge in [0.15, 0.2) is 6.17 Å². The second-order valence-corrected chi connectivity index (χ2v) is 9.52. The van der Waals surface area contributed by atoms with Gasteiger partial charge in [0.05, 0.1) is 18.7 Å². The number of nitrogens with one attached hydrogen (secondary N) is 1. The molecule has 1 saturated carbocycles. The van der Waals surface area contributed by atoms with Crippen LogP contribution in [-0.2, 0) is 4.79 Å². The van der Waals surface area contributed by atoms with E-state index in [1.54, 1.807) is 18.2 Å². The van der Waals surface area contributed by atoms with Crippen molar-refractivity contribution in [1.29, 1.82) is 0 Å². The zero-order valence-corrected chi connectivity index (χ0v) is 20.6. The van der Waals surface area contributed by atoms with Crippen LogP contribution >= 0.6 is 0 Å². The summed E-state index contributed by atoms with van der Waals surface area (Å²) < 4.78 is 25.6. The van der Waals surface area contributed by atoms with Gasteiger partial charge in [-0.2, -0.15) is 0 Å². The van der Waals surface area contributed by atoms with Gasteiger partial charge in [-0.1, -0.05) is 12.8 Å². The topological polar surface area (TPSA) is 124 Å². The number of aliphatic hydroxyl groups excluding tert-OH is 1. The van der Waals surface area contributed by atoms with Gasteiger partial charge in [-0.05, 0) is 67.5 Å². The number of aromatic nitrogens is 1. The molecular weight excluding hydrogens is 465 g/mol. The first kappa shape index (κ1) is 25.7. The Balaban J connectivity index is 1.67. The summed E-state index contributed by atoms with van der Waals surface area (Å²) in [5.74, 6) is 5.77. The Hall–Kier alpha value is -3.38. The molecule has 1 aromatic heterocycles. The van der Waals surface area contributed by atoms with Crippen molar-refractivity contribution in [2.45, 2.75) is 51.2 Å². The van der Waals surface area contributed by atoms with Crippen molar-refractivity contribution < 1.29 is 28.6 Å². The number of ether oxygens (including phenoxy) is 2. The summed E-state index contributed by atoms with van der Waals surface area (Å²) in [4.78, 5) is 28.4. The lowest BCUT2D eigenvalue weighted by atomic mass is 9.83. The number of benzene rings is 1. The van der Waals surface area contributed by atoms with E-state index in [1.807, 2.05) is 6.92 Å². The summed E-state index contributed by atoms with van der Waals surface area (Å²) >= 11 is 0. The number of carbonyl (C=O) groups is 2. The van der Waals surface area contributed by atoms with Gasteiger partial charge in [0, 0.05) is 23.8 Å². The summed E-state index contributed by atoms with van der Waals surface area (Å²) in [5.41, 5.74) is 6.23. The average molecular weight is 498 g/mol. The maximum atomic E-state index is 14.2. The van der Waals surface area contributed by atoms with E-state index in [4.69, 9.17) is 15.2 Å². The molecule has 1 aliphatic carbocycles. The van der Waals surface area contributed by atoms with Crippen molar-refractivity contribution in [2.24, 2.45) is 23.5 Å². The van der Waals surface area contributed by atoms with Gasteiger partial charge >= 0.3 is 0 Å². The number of nitrogens with zero attached hydrogens (tertiary/aromatic N) is 1. The molecule has 9 heteroatoms. The second-order valence-electron chi connectivity index (χ2n) is 9.52. The Bertz CT molecular complexity index is 1200. The Morgan fingerprint density at radius 1 is 1.28 bits per heavy atom. The molecule has 1 aliphatic heterocycles. The molecule has 2 amide bonds. The Morgan fingerprint density at radius 3 is 2.67 bits per heavy atom. The number of aliphatic hydroxyl groups is 1. The number of nitrogens with two attached hydrogens (primary N) is 1. The molecule has 1 aromatic carbocycles. The van der Waals surface area contributed by atoms with E-state index in [2.05, 4.69) is 22.1 Å². The van der Waals surface area contributed by atoms with Crippen LogP contribution in [0.5, 0.6) is 11.6 Å². The summed E-state index contributed by atoms with van der Waals surface area (Å²) in [7, 11) is 1.44. The first-order valence-electron chi connectivity index (χ1n) is 12.4. The van der Waals surface area contributed by atoms with Crippen LogP contribution in [0.2, 0.25) is 0 Å². The number of fused-ring (bicyclic) bond motifs is 1. The minimum Gasteiger partial charge on any atom is -0.496 e. The Kier molecular flexibility index (Phi) is 7.94. The third-order valence-electron chi connectivity index (χ3n) is 7.23. The lowest BCUT2D eigenvalue weighted by Crippen LogP contribution is -2.35. The van der Waals surface area contributed by atoms with Crippen LogP contribution in [0.25, 0.3) is 10.8 Å². The molecule has 192 valence electrons. The van der Waals surface area contributed by atoms with Crippen LogP contribution in [0.3, 0.4) is 0 Å². The highest BCUT2D eigenvalue weighted by Crippen LogP contribution is 2.33. The van der Waals surface area contributed by atoms with E-state index in [9.17, 15) is 19.1 Å². The Labute approximate surface area is 209 Å². The van der Waals surface area contributed by atoms with Gasteiger partial charge in [-0.15, -0.1) is 0 Å². The lowest BCUT2D eigenvalue weighted by molar-refractivity contribution is -0.123. The molecule has 2 aliphatic rings. The number of alkyl halides is 1. The molecule has 1 saturated heterocycles. The molecule has 8 nitrogen and oxygen atoms in total. The fourth-order valence-corrected chi connectivity index (χ4v) is 5.04. The zero-order chi connectivity index (χ0) is 25.8. The normalized spacial score (nSPS) is 25.7. The molecule has 2 heterocycles. The average Bonchev–Trinajstić information content (AvgIpc) is 3.17. The van der Waals surface area contributed by atoms with E-state index < -0.39 is 29.9 Å². The van der Waals surface area contributed by atoms with Gasteiger partial charge in [-0.3, -0.25) is 9.59 Å². The molecule has 0 bridgehead atoms. The summed E-state index contributed by atoms with van der Waals surface area (Å²) in [6, 6.07) is 4.53. The van der Waals surface area contributed by atoms with E-state index in [0.717, 1.165) is 25.7 Å². The number of primary amides is 1. The molecule has 0 unspecified atom stereocenters. The monoisotopic (exact) mass is 497 g/mol. The highest BCUT2D eigenvalue weighted by Gasteiger charge is 2.41. The third kappa shape index (κ3) is 5.39. The molecule has 0 spiro atoms. The van der Waals surface area contributed by atoms with Crippen molar-refractivity contribution in [3.8, 4) is 23.5 Å². The summed E-state index contributed by atoms with van der Waals surface area (Å²) in [6.45, 7) is 2.08. The predicted octanol–water partition coefficient (Wildman–Crippen LogP) is 2.73. The summed E-state index contributed by atoms with van der Waals surface area (Å²) in [6.07, 6.45) is 2.65. The largest absolute Gasteiger partial charge is 0.496 e. The number of amides is 2. The highest BCUT2D eigenvalue weighted by molar-refractivity contribution is 6.02. The SMILES string of the molecule is CC[C@@H]1[C@H](F)C(=O)N[C@@H]1COc1nc(C#CC2CCC(CO)CC2)cc2cc(C(N)=O)c(OC)cc12. The molecule has 36 heavy (non-hydrogen) atoms. The maximum Gasteiger partial charge on any atom is 0.255 e. The fraction of sp³-hybridized carbons (Fsp3) is 0.519.